The maximum atomic E-state index is 12.0. The lowest BCUT2D eigenvalue weighted by Crippen LogP contribution is -2.24. The molecule has 1 saturated heterocycles. The average Bonchev–Trinajstić information content (AvgIpc) is 3.20. The van der Waals surface area contributed by atoms with Gasteiger partial charge in [-0.2, -0.15) is 0 Å². The molecule has 0 saturated carbocycles. The molecule has 110 valence electrons. The first-order chi connectivity index (χ1) is 10.3. The highest BCUT2D eigenvalue weighted by atomic mass is 32.1. The summed E-state index contributed by atoms with van der Waals surface area (Å²) in [6, 6.07) is 3.89. The van der Waals surface area contributed by atoms with Gasteiger partial charge >= 0.3 is 5.97 Å². The Hall–Kier alpha value is -2.02. The second kappa shape index (κ2) is 6.17. The van der Waals surface area contributed by atoms with E-state index in [9.17, 15) is 4.79 Å². The summed E-state index contributed by atoms with van der Waals surface area (Å²) >= 11 is 1.55. The van der Waals surface area contributed by atoms with Gasteiger partial charge in [-0.05, 0) is 31.2 Å². The van der Waals surface area contributed by atoms with E-state index in [0.29, 0.717) is 18.2 Å². The third-order valence-electron chi connectivity index (χ3n) is 3.28. The molecule has 0 spiro atoms. The lowest BCUT2D eigenvalue weighted by molar-refractivity contribution is 0.0518. The van der Waals surface area contributed by atoms with E-state index in [1.165, 1.54) is 0 Å². The number of anilines is 1. The molecule has 21 heavy (non-hydrogen) atoms. The minimum absolute atomic E-state index is 0.207. The SMILES string of the molecule is CCOC(=O)c1nnc(-c2cccs2)nc1N1CCCC1. The quantitative estimate of drug-likeness (QED) is 0.808. The summed E-state index contributed by atoms with van der Waals surface area (Å²) in [7, 11) is 0. The smallest absolute Gasteiger partial charge is 0.362 e. The number of hydrogen-bond donors (Lipinski definition) is 0. The summed E-state index contributed by atoms with van der Waals surface area (Å²) in [5.41, 5.74) is 0.207. The van der Waals surface area contributed by atoms with E-state index >= 15 is 0 Å². The molecule has 6 nitrogen and oxygen atoms in total. The van der Waals surface area contributed by atoms with Gasteiger partial charge in [0.05, 0.1) is 11.5 Å². The number of aromatic nitrogens is 3. The van der Waals surface area contributed by atoms with Crippen LogP contribution in [0.25, 0.3) is 10.7 Å². The summed E-state index contributed by atoms with van der Waals surface area (Å²) in [6.45, 7) is 3.85. The molecule has 1 aliphatic rings. The second-order valence-electron chi connectivity index (χ2n) is 4.70. The molecule has 0 aromatic carbocycles. The van der Waals surface area contributed by atoms with E-state index in [1.807, 2.05) is 17.5 Å². The van der Waals surface area contributed by atoms with E-state index in [0.717, 1.165) is 30.8 Å². The minimum atomic E-state index is -0.461. The lowest BCUT2D eigenvalue weighted by Gasteiger charge is -2.18. The molecule has 0 bridgehead atoms. The molecular formula is C14H16N4O2S. The standard InChI is InChI=1S/C14H16N4O2S/c1-2-20-14(19)11-13(18-7-3-4-8-18)15-12(17-16-11)10-6-5-9-21-10/h5-6,9H,2-4,7-8H2,1H3. The Morgan fingerprint density at radius 3 is 2.86 bits per heavy atom. The zero-order chi connectivity index (χ0) is 14.7. The summed E-state index contributed by atoms with van der Waals surface area (Å²) in [5, 5.41) is 10.1. The molecule has 3 heterocycles. The zero-order valence-electron chi connectivity index (χ0n) is 11.8. The van der Waals surface area contributed by atoms with Crippen molar-refractivity contribution in [1.29, 1.82) is 0 Å². The minimum Gasteiger partial charge on any atom is -0.461 e. The number of carbonyl (C=O) groups excluding carboxylic acids is 1. The third-order valence-corrected chi connectivity index (χ3v) is 4.15. The number of rotatable bonds is 4. The Kier molecular flexibility index (Phi) is 4.10. The number of carbonyl (C=O) groups is 1. The summed E-state index contributed by atoms with van der Waals surface area (Å²) < 4.78 is 5.05. The van der Waals surface area contributed by atoms with E-state index < -0.39 is 5.97 Å². The molecule has 0 amide bonds. The van der Waals surface area contributed by atoms with Crippen molar-refractivity contribution in [2.75, 3.05) is 24.6 Å². The molecule has 2 aromatic rings. The molecule has 2 aromatic heterocycles. The Balaban J connectivity index is 2.01. The Labute approximate surface area is 126 Å². The monoisotopic (exact) mass is 304 g/mol. The predicted molar refractivity (Wildman–Crippen MR) is 80.5 cm³/mol. The van der Waals surface area contributed by atoms with Crippen molar-refractivity contribution < 1.29 is 9.53 Å². The Morgan fingerprint density at radius 2 is 2.19 bits per heavy atom. The molecule has 0 N–H and O–H groups in total. The maximum Gasteiger partial charge on any atom is 0.362 e. The Bertz CT molecular complexity index is 624. The first-order valence-corrected chi connectivity index (χ1v) is 7.88. The molecule has 0 aliphatic carbocycles. The fourth-order valence-electron chi connectivity index (χ4n) is 2.31. The second-order valence-corrected chi connectivity index (χ2v) is 5.65. The van der Waals surface area contributed by atoms with Crippen molar-refractivity contribution in [1.82, 2.24) is 15.2 Å². The maximum absolute atomic E-state index is 12.0. The van der Waals surface area contributed by atoms with Gasteiger partial charge in [0, 0.05) is 13.1 Å². The van der Waals surface area contributed by atoms with E-state index in [-0.39, 0.29) is 5.69 Å². The Morgan fingerprint density at radius 1 is 1.38 bits per heavy atom. The van der Waals surface area contributed by atoms with E-state index in [4.69, 9.17) is 4.74 Å². The van der Waals surface area contributed by atoms with Crippen LogP contribution in [-0.4, -0.2) is 40.8 Å². The normalized spacial score (nSPS) is 14.4. The van der Waals surface area contributed by atoms with Gasteiger partial charge in [-0.1, -0.05) is 6.07 Å². The number of nitrogens with zero attached hydrogens (tertiary/aromatic N) is 4. The fourth-order valence-corrected chi connectivity index (χ4v) is 2.96. The van der Waals surface area contributed by atoms with Gasteiger partial charge in [0.15, 0.2) is 11.6 Å². The van der Waals surface area contributed by atoms with Crippen LogP contribution in [-0.2, 0) is 4.74 Å². The van der Waals surface area contributed by atoms with Gasteiger partial charge in [0.1, 0.15) is 0 Å². The molecule has 0 atom stereocenters. The van der Waals surface area contributed by atoms with Gasteiger partial charge in [0.2, 0.25) is 5.69 Å². The van der Waals surface area contributed by atoms with Crippen molar-refractivity contribution in [3.63, 3.8) is 0 Å². The predicted octanol–water partition coefficient (Wildman–Crippen LogP) is 2.38. The highest BCUT2D eigenvalue weighted by molar-refractivity contribution is 7.13. The third kappa shape index (κ3) is 2.87. The van der Waals surface area contributed by atoms with Crippen molar-refractivity contribution in [3.05, 3.63) is 23.2 Å². The van der Waals surface area contributed by atoms with Gasteiger partial charge < -0.3 is 9.64 Å². The van der Waals surface area contributed by atoms with E-state index in [2.05, 4.69) is 20.1 Å². The molecule has 1 fully saturated rings. The van der Waals surface area contributed by atoms with Crippen LogP contribution in [0.3, 0.4) is 0 Å². The molecule has 0 unspecified atom stereocenters. The first-order valence-electron chi connectivity index (χ1n) is 7.00. The molecule has 1 aliphatic heterocycles. The molecular weight excluding hydrogens is 288 g/mol. The topological polar surface area (TPSA) is 68.2 Å². The highest BCUT2D eigenvalue weighted by Crippen LogP contribution is 2.26. The highest BCUT2D eigenvalue weighted by Gasteiger charge is 2.25. The van der Waals surface area contributed by atoms with E-state index in [1.54, 1.807) is 18.3 Å². The van der Waals surface area contributed by atoms with Crippen molar-refractivity contribution in [2.24, 2.45) is 0 Å². The number of hydrogen-bond acceptors (Lipinski definition) is 7. The van der Waals surface area contributed by atoms with Crippen LogP contribution in [0.4, 0.5) is 5.82 Å². The molecule has 7 heteroatoms. The van der Waals surface area contributed by atoms with Gasteiger partial charge in [0.25, 0.3) is 0 Å². The van der Waals surface area contributed by atoms with Gasteiger partial charge in [-0.15, -0.1) is 21.5 Å². The summed E-state index contributed by atoms with van der Waals surface area (Å²) in [4.78, 5) is 19.6. The zero-order valence-corrected chi connectivity index (χ0v) is 12.6. The van der Waals surface area contributed by atoms with Crippen LogP contribution in [0.2, 0.25) is 0 Å². The summed E-state index contributed by atoms with van der Waals surface area (Å²) in [5.74, 6) is 0.682. The van der Waals surface area contributed by atoms with Crippen LogP contribution in [0, 0.1) is 0 Å². The fraction of sp³-hybridized carbons (Fsp3) is 0.429. The first kappa shape index (κ1) is 13.9. The number of thiophene rings is 1. The van der Waals surface area contributed by atoms with Crippen LogP contribution >= 0.6 is 11.3 Å². The van der Waals surface area contributed by atoms with Crippen LogP contribution in [0.1, 0.15) is 30.3 Å². The van der Waals surface area contributed by atoms with Crippen LogP contribution in [0.5, 0.6) is 0 Å². The van der Waals surface area contributed by atoms with Crippen LogP contribution < -0.4 is 4.90 Å². The van der Waals surface area contributed by atoms with Gasteiger partial charge in [-0.3, -0.25) is 0 Å². The lowest BCUT2D eigenvalue weighted by atomic mass is 10.3. The summed E-state index contributed by atoms with van der Waals surface area (Å²) in [6.07, 6.45) is 2.20. The molecule has 3 rings (SSSR count). The van der Waals surface area contributed by atoms with Crippen molar-refractivity contribution in [3.8, 4) is 10.7 Å². The largest absolute Gasteiger partial charge is 0.461 e. The average molecular weight is 304 g/mol. The number of esters is 1. The van der Waals surface area contributed by atoms with Crippen LogP contribution in [0.15, 0.2) is 17.5 Å². The number of ether oxygens (including phenoxy) is 1. The molecule has 0 radical (unpaired) electrons. The van der Waals surface area contributed by atoms with Crippen molar-refractivity contribution >= 4 is 23.1 Å². The van der Waals surface area contributed by atoms with Crippen molar-refractivity contribution in [2.45, 2.75) is 19.8 Å². The van der Waals surface area contributed by atoms with Gasteiger partial charge in [-0.25, -0.2) is 9.78 Å².